The second kappa shape index (κ2) is 3.34. The number of nitrogens with one attached hydrogen (secondary N) is 1. The molecule has 2 aromatic rings. The average molecular weight is 237 g/mol. The molecule has 66 valence electrons. The molecule has 0 aliphatic rings. The van der Waals surface area contributed by atoms with Crippen LogP contribution in [-0.2, 0) is 0 Å². The number of aromatic amines is 1. The Morgan fingerprint density at radius 1 is 1.38 bits per heavy atom. The lowest BCUT2D eigenvalue weighted by Crippen LogP contribution is -1.85. The Balaban J connectivity index is 2.59. The summed E-state index contributed by atoms with van der Waals surface area (Å²) >= 11 is 3.49. The van der Waals surface area contributed by atoms with Gasteiger partial charge in [0, 0.05) is 22.4 Å². The maximum absolute atomic E-state index is 4.21. The van der Waals surface area contributed by atoms with Crippen LogP contribution in [0.1, 0.15) is 5.56 Å². The standard InChI is InChI=1S/C10H9BrN2/c1-7-8(3-2-4-9(7)11)10-12-5-6-13-10/h2-6H,1H3,(H,12,13). The van der Waals surface area contributed by atoms with Crippen molar-refractivity contribution in [3.63, 3.8) is 0 Å². The summed E-state index contributed by atoms with van der Waals surface area (Å²) in [5.41, 5.74) is 2.34. The monoisotopic (exact) mass is 236 g/mol. The van der Waals surface area contributed by atoms with Gasteiger partial charge in [-0.3, -0.25) is 0 Å². The molecule has 0 aliphatic carbocycles. The van der Waals surface area contributed by atoms with Gasteiger partial charge in [0.1, 0.15) is 5.82 Å². The van der Waals surface area contributed by atoms with Crippen LogP contribution < -0.4 is 0 Å². The molecule has 0 radical (unpaired) electrons. The number of nitrogens with zero attached hydrogens (tertiary/aromatic N) is 1. The van der Waals surface area contributed by atoms with Gasteiger partial charge >= 0.3 is 0 Å². The molecule has 1 N–H and O–H groups in total. The summed E-state index contributed by atoms with van der Waals surface area (Å²) in [6.45, 7) is 2.07. The fourth-order valence-electron chi connectivity index (χ4n) is 1.28. The van der Waals surface area contributed by atoms with Crippen molar-refractivity contribution >= 4 is 15.9 Å². The van der Waals surface area contributed by atoms with E-state index in [9.17, 15) is 0 Å². The molecule has 0 saturated carbocycles. The molecule has 1 aromatic heterocycles. The highest BCUT2D eigenvalue weighted by Gasteiger charge is 2.04. The topological polar surface area (TPSA) is 28.7 Å². The van der Waals surface area contributed by atoms with E-state index in [-0.39, 0.29) is 0 Å². The second-order valence-corrected chi connectivity index (χ2v) is 3.70. The van der Waals surface area contributed by atoms with E-state index in [1.165, 1.54) is 5.56 Å². The van der Waals surface area contributed by atoms with Crippen LogP contribution in [-0.4, -0.2) is 9.97 Å². The largest absolute Gasteiger partial charge is 0.345 e. The van der Waals surface area contributed by atoms with E-state index in [0.717, 1.165) is 15.9 Å². The number of halogens is 1. The molecule has 2 nitrogen and oxygen atoms in total. The molecule has 0 saturated heterocycles. The van der Waals surface area contributed by atoms with Crippen molar-refractivity contribution in [3.8, 4) is 11.4 Å². The van der Waals surface area contributed by atoms with Crippen molar-refractivity contribution in [1.82, 2.24) is 9.97 Å². The first-order valence-electron chi connectivity index (χ1n) is 4.04. The number of rotatable bonds is 1. The first-order valence-corrected chi connectivity index (χ1v) is 4.83. The first kappa shape index (κ1) is 8.51. The van der Waals surface area contributed by atoms with E-state index in [2.05, 4.69) is 38.9 Å². The molecule has 1 aromatic carbocycles. The van der Waals surface area contributed by atoms with Gasteiger partial charge in [-0.2, -0.15) is 0 Å². The Bertz CT molecular complexity index is 407. The average Bonchev–Trinajstić information content (AvgIpc) is 2.62. The molecular weight excluding hydrogens is 228 g/mol. The van der Waals surface area contributed by atoms with Gasteiger partial charge in [0.05, 0.1) is 0 Å². The predicted molar refractivity (Wildman–Crippen MR) is 56.5 cm³/mol. The van der Waals surface area contributed by atoms with Crippen molar-refractivity contribution < 1.29 is 0 Å². The Morgan fingerprint density at radius 2 is 2.23 bits per heavy atom. The summed E-state index contributed by atoms with van der Waals surface area (Å²) in [5, 5.41) is 0. The Hall–Kier alpha value is -1.09. The highest BCUT2D eigenvalue weighted by molar-refractivity contribution is 9.10. The molecule has 3 heteroatoms. The van der Waals surface area contributed by atoms with Crippen LogP contribution in [0.3, 0.4) is 0 Å². The van der Waals surface area contributed by atoms with Crippen molar-refractivity contribution in [1.29, 1.82) is 0 Å². The number of imidazole rings is 1. The van der Waals surface area contributed by atoms with Crippen LogP contribution >= 0.6 is 15.9 Å². The molecule has 0 aliphatic heterocycles. The fourth-order valence-corrected chi connectivity index (χ4v) is 1.64. The Kier molecular flexibility index (Phi) is 2.19. The Morgan fingerprint density at radius 3 is 2.92 bits per heavy atom. The van der Waals surface area contributed by atoms with Crippen molar-refractivity contribution in [2.24, 2.45) is 0 Å². The fraction of sp³-hybridized carbons (Fsp3) is 0.100. The first-order chi connectivity index (χ1) is 6.29. The zero-order valence-electron chi connectivity index (χ0n) is 7.21. The van der Waals surface area contributed by atoms with Crippen LogP contribution in [0.4, 0.5) is 0 Å². The minimum Gasteiger partial charge on any atom is -0.345 e. The van der Waals surface area contributed by atoms with E-state index >= 15 is 0 Å². The molecule has 0 atom stereocenters. The van der Waals surface area contributed by atoms with Crippen molar-refractivity contribution in [3.05, 3.63) is 40.6 Å². The van der Waals surface area contributed by atoms with Gasteiger partial charge in [-0.25, -0.2) is 4.98 Å². The lowest BCUT2D eigenvalue weighted by molar-refractivity contribution is 1.28. The van der Waals surface area contributed by atoms with Gasteiger partial charge in [0.25, 0.3) is 0 Å². The molecule has 0 amide bonds. The van der Waals surface area contributed by atoms with Gasteiger partial charge in [-0.05, 0) is 18.6 Å². The molecule has 0 bridgehead atoms. The zero-order valence-corrected chi connectivity index (χ0v) is 8.80. The second-order valence-electron chi connectivity index (χ2n) is 2.85. The lowest BCUT2D eigenvalue weighted by atomic mass is 10.1. The smallest absolute Gasteiger partial charge is 0.137 e. The van der Waals surface area contributed by atoms with E-state index < -0.39 is 0 Å². The molecular formula is C10H9BrN2. The molecule has 0 fully saturated rings. The quantitative estimate of drug-likeness (QED) is 0.810. The van der Waals surface area contributed by atoms with Crippen LogP contribution in [0.25, 0.3) is 11.4 Å². The van der Waals surface area contributed by atoms with Gasteiger partial charge in [-0.15, -0.1) is 0 Å². The van der Waals surface area contributed by atoms with E-state index in [0.29, 0.717) is 0 Å². The number of hydrogen-bond donors (Lipinski definition) is 1. The van der Waals surface area contributed by atoms with E-state index in [1.54, 1.807) is 6.20 Å². The van der Waals surface area contributed by atoms with Crippen LogP contribution in [0, 0.1) is 6.92 Å². The summed E-state index contributed by atoms with van der Waals surface area (Å²) < 4.78 is 1.11. The van der Waals surface area contributed by atoms with Crippen LogP contribution in [0.15, 0.2) is 35.1 Å². The summed E-state index contributed by atoms with van der Waals surface area (Å²) in [5.74, 6) is 0.916. The predicted octanol–water partition coefficient (Wildman–Crippen LogP) is 3.15. The minimum absolute atomic E-state index is 0.916. The van der Waals surface area contributed by atoms with Gasteiger partial charge < -0.3 is 4.98 Å². The summed E-state index contributed by atoms with van der Waals surface area (Å²) in [7, 11) is 0. The SMILES string of the molecule is Cc1c(Br)cccc1-c1ncc[nH]1. The van der Waals surface area contributed by atoms with Gasteiger partial charge in [-0.1, -0.05) is 28.1 Å². The molecule has 2 rings (SSSR count). The zero-order chi connectivity index (χ0) is 9.26. The Labute approximate surface area is 85.1 Å². The van der Waals surface area contributed by atoms with Crippen LogP contribution in [0.5, 0.6) is 0 Å². The van der Waals surface area contributed by atoms with Gasteiger partial charge in [0.15, 0.2) is 0 Å². The summed E-state index contributed by atoms with van der Waals surface area (Å²) in [6.07, 6.45) is 3.59. The maximum atomic E-state index is 4.21. The third-order valence-corrected chi connectivity index (χ3v) is 2.88. The van der Waals surface area contributed by atoms with Crippen LogP contribution in [0.2, 0.25) is 0 Å². The summed E-state index contributed by atoms with van der Waals surface area (Å²) in [4.78, 5) is 7.30. The highest BCUT2D eigenvalue weighted by atomic mass is 79.9. The number of aromatic nitrogens is 2. The third kappa shape index (κ3) is 1.52. The highest BCUT2D eigenvalue weighted by Crippen LogP contribution is 2.25. The van der Waals surface area contributed by atoms with Gasteiger partial charge in [0.2, 0.25) is 0 Å². The van der Waals surface area contributed by atoms with E-state index in [1.807, 2.05) is 18.3 Å². The molecule has 13 heavy (non-hydrogen) atoms. The van der Waals surface area contributed by atoms with Crippen molar-refractivity contribution in [2.45, 2.75) is 6.92 Å². The van der Waals surface area contributed by atoms with Crippen molar-refractivity contribution in [2.75, 3.05) is 0 Å². The van der Waals surface area contributed by atoms with E-state index in [4.69, 9.17) is 0 Å². The molecule has 1 heterocycles. The summed E-state index contributed by atoms with van der Waals surface area (Å²) in [6, 6.07) is 6.09. The molecule has 0 spiro atoms. The number of hydrogen-bond acceptors (Lipinski definition) is 1. The maximum Gasteiger partial charge on any atom is 0.137 e. The lowest BCUT2D eigenvalue weighted by Gasteiger charge is -2.03. The number of benzene rings is 1. The number of H-pyrrole nitrogens is 1. The molecule has 0 unspecified atom stereocenters. The minimum atomic E-state index is 0.916. The normalized spacial score (nSPS) is 10.3. The third-order valence-electron chi connectivity index (χ3n) is 2.02.